The van der Waals surface area contributed by atoms with Gasteiger partial charge in [0.2, 0.25) is 0 Å². The Kier molecular flexibility index (Phi) is 3.87. The van der Waals surface area contributed by atoms with Crippen molar-refractivity contribution in [3.05, 3.63) is 24.0 Å². The van der Waals surface area contributed by atoms with E-state index in [1.807, 2.05) is 24.5 Å². The minimum atomic E-state index is -3.28. The zero-order chi connectivity index (χ0) is 14.2. The predicted molar refractivity (Wildman–Crippen MR) is 77.7 cm³/mol. The number of aryl methyl sites for hydroxylation is 1. The molecule has 0 radical (unpaired) electrons. The highest BCUT2D eigenvalue weighted by molar-refractivity contribution is 7.91. The minimum Gasteiger partial charge on any atom is -0.325 e. The van der Waals surface area contributed by atoms with Gasteiger partial charge in [0, 0.05) is 24.6 Å². The first-order valence-electron chi connectivity index (χ1n) is 6.12. The number of benzene rings is 1. The van der Waals surface area contributed by atoms with Crippen LogP contribution in [-0.2, 0) is 16.3 Å². The van der Waals surface area contributed by atoms with Crippen molar-refractivity contribution < 1.29 is 8.42 Å². The van der Waals surface area contributed by atoms with Gasteiger partial charge in [-0.2, -0.15) is 0 Å². The number of hydrogen-bond donors (Lipinski definition) is 0. The highest BCUT2D eigenvalue weighted by Gasteiger charge is 2.19. The van der Waals surface area contributed by atoms with Crippen LogP contribution in [0.3, 0.4) is 0 Å². The maximum atomic E-state index is 11.8. The number of fused-ring (bicyclic) bond motifs is 1. The second-order valence-electron chi connectivity index (χ2n) is 4.83. The Labute approximate surface area is 118 Å². The summed E-state index contributed by atoms with van der Waals surface area (Å²) in [5.74, 6) is 1.29. The van der Waals surface area contributed by atoms with E-state index in [2.05, 4.69) is 4.98 Å². The summed E-state index contributed by atoms with van der Waals surface area (Å²) in [6, 6.07) is 5.45. The molecule has 0 unspecified atom stereocenters. The van der Waals surface area contributed by atoms with Crippen LogP contribution in [0, 0.1) is 0 Å². The third-order valence-electron chi connectivity index (χ3n) is 2.99. The van der Waals surface area contributed by atoms with Crippen molar-refractivity contribution in [2.24, 2.45) is 0 Å². The lowest BCUT2D eigenvalue weighted by atomic mass is 10.3. The van der Waals surface area contributed by atoms with Crippen molar-refractivity contribution in [3.63, 3.8) is 0 Å². The van der Waals surface area contributed by atoms with E-state index < -0.39 is 9.84 Å². The summed E-state index contributed by atoms with van der Waals surface area (Å²) < 4.78 is 25.7. The molecular formula is C13H17ClN2O2S. The number of nitrogens with zero attached hydrogens (tertiary/aromatic N) is 2. The first-order valence-corrected chi connectivity index (χ1v) is 8.54. The maximum Gasteiger partial charge on any atom is 0.177 e. The van der Waals surface area contributed by atoms with Gasteiger partial charge in [-0.25, -0.2) is 13.4 Å². The van der Waals surface area contributed by atoms with Gasteiger partial charge in [0.15, 0.2) is 9.84 Å². The highest BCUT2D eigenvalue weighted by Crippen LogP contribution is 2.26. The fourth-order valence-corrected chi connectivity index (χ4v) is 3.27. The van der Waals surface area contributed by atoms with E-state index in [1.54, 1.807) is 12.1 Å². The molecule has 0 bridgehead atoms. The van der Waals surface area contributed by atoms with Gasteiger partial charge in [0.05, 0.1) is 10.4 Å². The van der Waals surface area contributed by atoms with Crippen LogP contribution in [0.25, 0.3) is 11.0 Å². The molecular weight excluding hydrogens is 284 g/mol. The van der Waals surface area contributed by atoms with Crippen molar-refractivity contribution in [1.82, 2.24) is 9.55 Å². The molecule has 0 aliphatic heterocycles. The van der Waals surface area contributed by atoms with Crippen molar-refractivity contribution in [3.8, 4) is 0 Å². The zero-order valence-electron chi connectivity index (χ0n) is 11.2. The molecule has 0 amide bonds. The fraction of sp³-hybridized carbons (Fsp3) is 0.462. The number of rotatable bonds is 4. The summed E-state index contributed by atoms with van der Waals surface area (Å²) >= 11 is 5.80. The van der Waals surface area contributed by atoms with Crippen LogP contribution < -0.4 is 0 Å². The van der Waals surface area contributed by atoms with Gasteiger partial charge in [-0.3, -0.25) is 0 Å². The summed E-state index contributed by atoms with van der Waals surface area (Å²) in [4.78, 5) is 4.77. The lowest BCUT2D eigenvalue weighted by Crippen LogP contribution is -2.06. The minimum absolute atomic E-state index is 0.207. The Morgan fingerprint density at radius 3 is 2.58 bits per heavy atom. The number of sulfone groups is 1. The van der Waals surface area contributed by atoms with Gasteiger partial charge in [0.25, 0.3) is 0 Å². The van der Waals surface area contributed by atoms with Crippen LogP contribution in [0.1, 0.15) is 25.7 Å². The maximum absolute atomic E-state index is 11.8. The van der Waals surface area contributed by atoms with Crippen LogP contribution in [0.4, 0.5) is 0 Å². The second kappa shape index (κ2) is 5.13. The SMILES string of the molecule is CC(C)n1c(CCCl)nc2c(S(C)(=O)=O)cccc21. The van der Waals surface area contributed by atoms with E-state index in [-0.39, 0.29) is 10.9 Å². The summed E-state index contributed by atoms with van der Waals surface area (Å²) in [5, 5.41) is 0. The molecule has 0 saturated heterocycles. The Hall–Kier alpha value is -1.07. The monoisotopic (exact) mass is 300 g/mol. The zero-order valence-corrected chi connectivity index (χ0v) is 12.8. The lowest BCUT2D eigenvalue weighted by Gasteiger charge is -2.12. The van der Waals surface area contributed by atoms with Crippen LogP contribution in [-0.4, -0.2) is 30.1 Å². The molecule has 0 saturated carbocycles. The largest absolute Gasteiger partial charge is 0.325 e. The van der Waals surface area contributed by atoms with Gasteiger partial charge >= 0.3 is 0 Å². The number of imidazole rings is 1. The molecule has 1 aromatic carbocycles. The molecule has 2 aromatic rings. The number of alkyl halides is 1. The number of aromatic nitrogens is 2. The van der Waals surface area contributed by atoms with Gasteiger partial charge in [-0.15, -0.1) is 11.6 Å². The Bertz CT molecular complexity index is 705. The van der Waals surface area contributed by atoms with Crippen LogP contribution in [0.2, 0.25) is 0 Å². The quantitative estimate of drug-likeness (QED) is 0.816. The van der Waals surface area contributed by atoms with Gasteiger partial charge in [-0.05, 0) is 26.0 Å². The van der Waals surface area contributed by atoms with Gasteiger partial charge in [-0.1, -0.05) is 6.07 Å². The van der Waals surface area contributed by atoms with E-state index >= 15 is 0 Å². The third kappa shape index (κ3) is 2.62. The second-order valence-corrected chi connectivity index (χ2v) is 7.19. The molecule has 6 heteroatoms. The average molecular weight is 301 g/mol. The first-order chi connectivity index (χ1) is 8.86. The van der Waals surface area contributed by atoms with Crippen molar-refractivity contribution in [1.29, 1.82) is 0 Å². The van der Waals surface area contributed by atoms with E-state index in [0.717, 1.165) is 11.3 Å². The number of para-hydroxylation sites is 1. The van der Waals surface area contributed by atoms with Crippen molar-refractivity contribution in [2.75, 3.05) is 12.1 Å². The third-order valence-corrected chi connectivity index (χ3v) is 4.31. The smallest absolute Gasteiger partial charge is 0.177 e. The summed E-state index contributed by atoms with van der Waals surface area (Å²) in [5.41, 5.74) is 1.39. The summed E-state index contributed by atoms with van der Waals surface area (Å²) in [6.45, 7) is 4.10. The Morgan fingerprint density at radius 1 is 1.37 bits per heavy atom. The molecule has 2 rings (SSSR count). The molecule has 4 nitrogen and oxygen atoms in total. The summed E-state index contributed by atoms with van der Waals surface area (Å²) in [7, 11) is -3.28. The van der Waals surface area contributed by atoms with E-state index in [9.17, 15) is 8.42 Å². The first kappa shape index (κ1) is 14.3. The molecule has 19 heavy (non-hydrogen) atoms. The molecule has 0 aliphatic rings. The van der Waals surface area contributed by atoms with Crippen molar-refractivity contribution in [2.45, 2.75) is 31.2 Å². The fourth-order valence-electron chi connectivity index (χ4n) is 2.28. The molecule has 0 aliphatic carbocycles. The Balaban J connectivity index is 2.83. The van der Waals surface area contributed by atoms with Crippen LogP contribution >= 0.6 is 11.6 Å². The van der Waals surface area contributed by atoms with Crippen LogP contribution in [0.15, 0.2) is 23.1 Å². The molecule has 0 atom stereocenters. The average Bonchev–Trinajstić information content (AvgIpc) is 2.65. The number of halogens is 1. The topological polar surface area (TPSA) is 52.0 Å². The van der Waals surface area contributed by atoms with Crippen LogP contribution in [0.5, 0.6) is 0 Å². The number of hydrogen-bond acceptors (Lipinski definition) is 3. The predicted octanol–water partition coefficient (Wildman–Crippen LogP) is 2.80. The van der Waals surface area contributed by atoms with Gasteiger partial charge in [0.1, 0.15) is 11.3 Å². The van der Waals surface area contributed by atoms with Gasteiger partial charge < -0.3 is 4.57 Å². The van der Waals surface area contributed by atoms with Crippen molar-refractivity contribution >= 4 is 32.5 Å². The molecule has 0 fully saturated rings. The molecule has 1 heterocycles. The van der Waals surface area contributed by atoms with E-state index in [1.165, 1.54) is 6.26 Å². The van der Waals surface area contributed by atoms with E-state index in [4.69, 9.17) is 11.6 Å². The van der Waals surface area contributed by atoms with E-state index in [0.29, 0.717) is 17.8 Å². The normalized spacial score (nSPS) is 12.5. The Morgan fingerprint density at radius 2 is 2.05 bits per heavy atom. The lowest BCUT2D eigenvalue weighted by molar-refractivity contribution is 0.588. The molecule has 0 N–H and O–H groups in total. The summed E-state index contributed by atoms with van der Waals surface area (Å²) in [6.07, 6.45) is 1.83. The molecule has 0 spiro atoms. The highest BCUT2D eigenvalue weighted by atomic mass is 35.5. The molecule has 104 valence electrons. The molecule has 1 aromatic heterocycles. The standard InChI is InChI=1S/C13H17ClN2O2S/c1-9(2)16-10-5-4-6-11(19(3,17)18)13(10)15-12(16)7-8-14/h4-6,9H,7-8H2,1-3H3.